The fourth-order valence-electron chi connectivity index (χ4n) is 2.38. The Bertz CT molecular complexity index is 834. The van der Waals surface area contributed by atoms with Gasteiger partial charge in [-0.1, -0.05) is 42.5 Å². The van der Waals surface area contributed by atoms with Crippen LogP contribution in [0.3, 0.4) is 0 Å². The molecule has 3 aromatic rings. The van der Waals surface area contributed by atoms with Gasteiger partial charge in [0.15, 0.2) is 5.69 Å². The van der Waals surface area contributed by atoms with E-state index in [0.717, 1.165) is 16.8 Å². The summed E-state index contributed by atoms with van der Waals surface area (Å²) >= 11 is 0. The number of para-hydroxylation sites is 1. The van der Waals surface area contributed by atoms with Gasteiger partial charge in [0.25, 0.3) is 5.91 Å². The summed E-state index contributed by atoms with van der Waals surface area (Å²) in [5.41, 5.74) is 3.24. The lowest BCUT2D eigenvalue weighted by Crippen LogP contribution is -2.14. The third-order valence-corrected chi connectivity index (χ3v) is 3.74. The van der Waals surface area contributed by atoms with Gasteiger partial charge in [-0.25, -0.2) is 0 Å². The molecule has 132 valence electrons. The number of benzene rings is 2. The second-order valence-corrected chi connectivity index (χ2v) is 5.73. The summed E-state index contributed by atoms with van der Waals surface area (Å²) in [6.45, 7) is 1.23. The number of carbonyl (C=O) groups excluding carboxylic acids is 1. The molecule has 0 fully saturated rings. The second kappa shape index (κ2) is 8.73. The first-order chi connectivity index (χ1) is 12.7. The van der Waals surface area contributed by atoms with Gasteiger partial charge in [-0.2, -0.15) is 0 Å². The number of nitrogens with one attached hydrogen (secondary N) is 2. The Morgan fingerprint density at radius 3 is 2.31 bits per heavy atom. The highest BCUT2D eigenvalue weighted by Crippen LogP contribution is 2.10. The number of hydrogen-bond acceptors (Lipinski definition) is 5. The Morgan fingerprint density at radius 2 is 1.65 bits per heavy atom. The number of amides is 1. The molecule has 0 bridgehead atoms. The molecule has 0 aliphatic carbocycles. The molecule has 0 aliphatic heterocycles. The quantitative estimate of drug-likeness (QED) is 0.683. The largest absolute Gasteiger partial charge is 0.380 e. The number of hydrogen-bond donors (Lipinski definition) is 2. The molecular formula is C20H20N4O2. The van der Waals surface area contributed by atoms with Crippen molar-refractivity contribution in [2.45, 2.75) is 13.2 Å². The summed E-state index contributed by atoms with van der Waals surface area (Å²) in [5, 5.41) is 14.0. The summed E-state index contributed by atoms with van der Waals surface area (Å²) in [4.78, 5) is 12.1. The van der Waals surface area contributed by atoms with Crippen LogP contribution in [-0.4, -0.2) is 23.2 Å². The number of ether oxygens (including phenoxy) is 1. The average Bonchev–Trinajstić information content (AvgIpc) is 2.69. The molecule has 0 radical (unpaired) electrons. The summed E-state index contributed by atoms with van der Waals surface area (Å²) in [5.74, 6) is 0.325. The van der Waals surface area contributed by atoms with Gasteiger partial charge in [-0.15, -0.1) is 10.2 Å². The van der Waals surface area contributed by atoms with Crippen molar-refractivity contribution in [3.05, 3.63) is 83.6 Å². The normalized spacial score (nSPS) is 10.3. The summed E-state index contributed by atoms with van der Waals surface area (Å²) < 4.78 is 5.10. The van der Waals surface area contributed by atoms with Gasteiger partial charge in [0.2, 0.25) is 0 Å². The third kappa shape index (κ3) is 4.87. The lowest BCUT2D eigenvalue weighted by Gasteiger charge is -2.07. The molecular weight excluding hydrogens is 328 g/mol. The second-order valence-electron chi connectivity index (χ2n) is 5.73. The van der Waals surface area contributed by atoms with Crippen LogP contribution < -0.4 is 10.6 Å². The lowest BCUT2D eigenvalue weighted by atomic mass is 10.1. The highest BCUT2D eigenvalue weighted by atomic mass is 16.5. The van der Waals surface area contributed by atoms with Gasteiger partial charge in [0.1, 0.15) is 5.82 Å². The fraction of sp³-hybridized carbons (Fsp3) is 0.150. The maximum atomic E-state index is 12.1. The molecule has 0 aliphatic rings. The number of aromatic nitrogens is 2. The fourth-order valence-corrected chi connectivity index (χ4v) is 2.38. The van der Waals surface area contributed by atoms with Crippen LogP contribution in [0, 0.1) is 0 Å². The Balaban J connectivity index is 1.54. The molecule has 0 saturated heterocycles. The Kier molecular flexibility index (Phi) is 5.90. The van der Waals surface area contributed by atoms with Crippen molar-refractivity contribution >= 4 is 17.4 Å². The number of rotatable bonds is 7. The molecule has 0 saturated carbocycles. The van der Waals surface area contributed by atoms with Crippen LogP contribution >= 0.6 is 0 Å². The van der Waals surface area contributed by atoms with Crippen LogP contribution in [0.25, 0.3) is 0 Å². The van der Waals surface area contributed by atoms with Crippen LogP contribution in [0.4, 0.5) is 11.5 Å². The minimum atomic E-state index is -0.288. The van der Waals surface area contributed by atoms with Gasteiger partial charge >= 0.3 is 0 Å². The summed E-state index contributed by atoms with van der Waals surface area (Å²) in [6.07, 6.45) is 0. The molecule has 3 rings (SSSR count). The predicted molar refractivity (Wildman–Crippen MR) is 101 cm³/mol. The molecule has 1 amide bonds. The van der Waals surface area contributed by atoms with Crippen LogP contribution in [0.2, 0.25) is 0 Å². The molecule has 0 atom stereocenters. The predicted octanol–water partition coefficient (Wildman–Crippen LogP) is 3.49. The van der Waals surface area contributed by atoms with E-state index >= 15 is 0 Å². The third-order valence-electron chi connectivity index (χ3n) is 3.74. The molecule has 0 unspecified atom stereocenters. The Labute approximate surface area is 152 Å². The molecule has 6 heteroatoms. The molecule has 26 heavy (non-hydrogen) atoms. The zero-order valence-electron chi connectivity index (χ0n) is 14.5. The highest BCUT2D eigenvalue weighted by Gasteiger charge is 2.08. The molecule has 1 heterocycles. The summed E-state index contributed by atoms with van der Waals surface area (Å²) in [7, 11) is 1.68. The van der Waals surface area contributed by atoms with Gasteiger partial charge in [0, 0.05) is 19.3 Å². The Hall–Kier alpha value is -3.25. The monoisotopic (exact) mass is 348 g/mol. The van der Waals surface area contributed by atoms with Crippen LogP contribution in [-0.2, 0) is 17.9 Å². The van der Waals surface area contributed by atoms with Crippen molar-refractivity contribution in [2.75, 3.05) is 17.7 Å². The first-order valence-electron chi connectivity index (χ1n) is 8.25. The van der Waals surface area contributed by atoms with E-state index in [0.29, 0.717) is 19.0 Å². The van der Waals surface area contributed by atoms with E-state index in [4.69, 9.17) is 4.74 Å². The van der Waals surface area contributed by atoms with Crippen molar-refractivity contribution in [1.82, 2.24) is 10.2 Å². The highest BCUT2D eigenvalue weighted by molar-refractivity contribution is 6.02. The molecule has 1 aromatic heterocycles. The minimum absolute atomic E-state index is 0.267. The number of methoxy groups -OCH3 is 1. The summed E-state index contributed by atoms with van der Waals surface area (Å²) in [6, 6.07) is 20.8. The van der Waals surface area contributed by atoms with E-state index in [2.05, 4.69) is 20.8 Å². The van der Waals surface area contributed by atoms with E-state index in [1.54, 1.807) is 19.2 Å². The van der Waals surface area contributed by atoms with Gasteiger partial charge < -0.3 is 15.4 Å². The topological polar surface area (TPSA) is 76.1 Å². The SMILES string of the molecule is COCc1ccc(CNc2ccc(C(=O)Nc3ccccc3)nn2)cc1. The lowest BCUT2D eigenvalue weighted by molar-refractivity contribution is 0.102. The first-order valence-corrected chi connectivity index (χ1v) is 8.25. The standard InChI is InChI=1S/C20H20N4O2/c1-26-14-16-9-7-15(8-10-16)13-21-19-12-11-18(23-24-19)20(25)22-17-5-3-2-4-6-17/h2-12H,13-14H2,1H3,(H,21,24)(H,22,25). The van der Waals surface area contributed by atoms with Crippen molar-refractivity contribution in [1.29, 1.82) is 0 Å². The van der Waals surface area contributed by atoms with E-state index < -0.39 is 0 Å². The molecule has 2 N–H and O–H groups in total. The van der Waals surface area contributed by atoms with E-state index in [9.17, 15) is 4.79 Å². The van der Waals surface area contributed by atoms with E-state index in [1.807, 2.05) is 54.6 Å². The van der Waals surface area contributed by atoms with Crippen molar-refractivity contribution < 1.29 is 9.53 Å². The van der Waals surface area contributed by atoms with Gasteiger partial charge in [0.05, 0.1) is 6.61 Å². The van der Waals surface area contributed by atoms with Crippen LogP contribution in [0.1, 0.15) is 21.6 Å². The maximum Gasteiger partial charge on any atom is 0.276 e. The maximum absolute atomic E-state index is 12.1. The van der Waals surface area contributed by atoms with Crippen molar-refractivity contribution in [2.24, 2.45) is 0 Å². The molecule has 2 aromatic carbocycles. The number of carbonyl (C=O) groups is 1. The molecule has 6 nitrogen and oxygen atoms in total. The van der Waals surface area contributed by atoms with E-state index in [1.165, 1.54) is 0 Å². The number of anilines is 2. The zero-order valence-corrected chi connectivity index (χ0v) is 14.5. The Morgan fingerprint density at radius 1 is 0.923 bits per heavy atom. The van der Waals surface area contributed by atoms with Crippen molar-refractivity contribution in [3.8, 4) is 0 Å². The van der Waals surface area contributed by atoms with E-state index in [-0.39, 0.29) is 11.6 Å². The zero-order chi connectivity index (χ0) is 18.2. The first kappa shape index (κ1) is 17.6. The smallest absolute Gasteiger partial charge is 0.276 e. The van der Waals surface area contributed by atoms with Gasteiger partial charge in [-0.3, -0.25) is 4.79 Å². The van der Waals surface area contributed by atoms with Crippen molar-refractivity contribution in [3.63, 3.8) is 0 Å². The minimum Gasteiger partial charge on any atom is -0.380 e. The average molecular weight is 348 g/mol. The van der Waals surface area contributed by atoms with Gasteiger partial charge in [-0.05, 0) is 35.4 Å². The van der Waals surface area contributed by atoms with Crippen LogP contribution in [0.5, 0.6) is 0 Å². The number of nitrogens with zero attached hydrogens (tertiary/aromatic N) is 2. The van der Waals surface area contributed by atoms with Crippen LogP contribution in [0.15, 0.2) is 66.7 Å². The molecule has 0 spiro atoms.